The van der Waals surface area contributed by atoms with Crippen molar-refractivity contribution in [2.24, 2.45) is 0 Å². The Hall–Kier alpha value is -3.92. The van der Waals surface area contributed by atoms with E-state index in [0.717, 1.165) is 52.3 Å². The number of benzene rings is 2. The van der Waals surface area contributed by atoms with E-state index in [-0.39, 0.29) is 11.9 Å². The second-order valence-corrected chi connectivity index (χ2v) is 11.0. The van der Waals surface area contributed by atoms with E-state index in [0.29, 0.717) is 58.3 Å². The number of carbonyl (C=O) groups excluding carboxylic acids is 1. The quantitative estimate of drug-likeness (QED) is 0.407. The minimum absolute atomic E-state index is 0.0128. The summed E-state index contributed by atoms with van der Waals surface area (Å²) in [4.78, 5) is 30.4. The van der Waals surface area contributed by atoms with Crippen molar-refractivity contribution in [2.45, 2.75) is 31.6 Å². The molecule has 0 radical (unpaired) electrons. The highest BCUT2D eigenvalue weighted by Gasteiger charge is 2.32. The topological polar surface area (TPSA) is 74.3 Å². The molecule has 1 aromatic heterocycles. The van der Waals surface area contributed by atoms with Crippen LogP contribution in [-0.4, -0.2) is 97.9 Å². The van der Waals surface area contributed by atoms with E-state index in [9.17, 15) is 9.18 Å². The highest BCUT2D eigenvalue weighted by atomic mass is 19.1. The van der Waals surface area contributed by atoms with Crippen molar-refractivity contribution >= 4 is 28.2 Å². The molecule has 2 saturated heterocycles. The predicted molar refractivity (Wildman–Crippen MR) is 158 cm³/mol. The Bertz CT molecular complexity index is 1440. The number of likely N-dealkylation sites (tertiary alicyclic amines) is 1. The minimum Gasteiger partial charge on any atom is -0.497 e. The normalized spacial score (nSPS) is 21.2. The fourth-order valence-electron chi connectivity index (χ4n) is 6.21. The molecule has 4 heterocycles. The van der Waals surface area contributed by atoms with Crippen molar-refractivity contribution in [1.29, 1.82) is 0 Å². The number of methoxy groups -OCH3 is 1. The number of rotatable bonds is 7. The zero-order valence-corrected chi connectivity index (χ0v) is 23.8. The predicted octanol–water partition coefficient (Wildman–Crippen LogP) is 3.46. The Kier molecular flexibility index (Phi) is 7.66. The number of aromatic nitrogens is 2. The first-order chi connectivity index (χ1) is 19.9. The Morgan fingerprint density at radius 2 is 1.93 bits per heavy atom. The summed E-state index contributed by atoms with van der Waals surface area (Å²) in [6, 6.07) is 12.8. The molecule has 0 unspecified atom stereocenters. The average molecular weight is 561 g/mol. The highest BCUT2D eigenvalue weighted by Crippen LogP contribution is 2.37. The molecule has 216 valence electrons. The van der Waals surface area contributed by atoms with Gasteiger partial charge in [0.05, 0.1) is 19.3 Å². The number of likely N-dealkylation sites (N-methyl/N-ethyl adjacent to an activating group) is 1. The van der Waals surface area contributed by atoms with E-state index < -0.39 is 6.17 Å². The highest BCUT2D eigenvalue weighted by molar-refractivity contribution is 5.96. The fourth-order valence-corrected chi connectivity index (χ4v) is 6.21. The summed E-state index contributed by atoms with van der Waals surface area (Å²) in [7, 11) is 3.62. The lowest BCUT2D eigenvalue weighted by molar-refractivity contribution is -0.126. The van der Waals surface area contributed by atoms with Crippen molar-refractivity contribution in [3.63, 3.8) is 0 Å². The summed E-state index contributed by atoms with van der Waals surface area (Å²) >= 11 is 0. The number of alkyl halides is 1. The molecule has 3 aliphatic heterocycles. The molecule has 1 amide bonds. The number of piperazine rings is 1. The van der Waals surface area contributed by atoms with Crippen LogP contribution in [0.15, 0.2) is 49.1 Å². The number of halogens is 1. The number of nitrogens with zero attached hydrogens (tertiary/aromatic N) is 6. The smallest absolute Gasteiger partial charge is 0.318 e. The number of hydrogen-bond acceptors (Lipinski definition) is 8. The first-order valence-electron chi connectivity index (χ1n) is 14.3. The van der Waals surface area contributed by atoms with E-state index in [1.54, 1.807) is 7.11 Å². The van der Waals surface area contributed by atoms with Crippen LogP contribution in [0.4, 0.5) is 15.9 Å². The van der Waals surface area contributed by atoms with Crippen molar-refractivity contribution < 1.29 is 18.7 Å². The number of hydrogen-bond donors (Lipinski definition) is 0. The van der Waals surface area contributed by atoms with Gasteiger partial charge in [0.2, 0.25) is 5.91 Å². The summed E-state index contributed by atoms with van der Waals surface area (Å²) in [5, 5.41) is 2.29. The van der Waals surface area contributed by atoms with Crippen LogP contribution >= 0.6 is 0 Å². The van der Waals surface area contributed by atoms with Gasteiger partial charge in [-0.3, -0.25) is 9.69 Å². The van der Waals surface area contributed by atoms with Crippen molar-refractivity contribution in [3.05, 3.63) is 60.3 Å². The zero-order valence-electron chi connectivity index (χ0n) is 23.8. The average Bonchev–Trinajstić information content (AvgIpc) is 3.34. The van der Waals surface area contributed by atoms with Gasteiger partial charge < -0.3 is 24.2 Å². The maximum absolute atomic E-state index is 14.0. The number of carbonyl (C=O) groups is 1. The maximum Gasteiger partial charge on any atom is 0.318 e. The van der Waals surface area contributed by atoms with Crippen LogP contribution in [-0.2, 0) is 17.8 Å². The molecule has 0 bridgehead atoms. The molecule has 10 heteroatoms. The van der Waals surface area contributed by atoms with Gasteiger partial charge in [0.1, 0.15) is 24.3 Å². The molecule has 41 heavy (non-hydrogen) atoms. The SMILES string of the molecule is C=CC(=O)N1CCN(c2nc(OC[C@@H]3C[C@@H](F)CN3C)nc3c2CCN(c2cc(OC)cc4ccccc24)C3)CC1. The molecular formula is C31H37FN6O3. The molecule has 2 fully saturated rings. The maximum atomic E-state index is 14.0. The van der Waals surface area contributed by atoms with Gasteiger partial charge in [0.25, 0.3) is 0 Å². The first kappa shape index (κ1) is 27.3. The van der Waals surface area contributed by atoms with Gasteiger partial charge in [-0.1, -0.05) is 30.8 Å². The lowest BCUT2D eigenvalue weighted by atomic mass is 10.0. The third kappa shape index (κ3) is 5.53. The Morgan fingerprint density at radius 3 is 2.66 bits per heavy atom. The number of anilines is 2. The molecule has 3 aromatic rings. The van der Waals surface area contributed by atoms with E-state index in [4.69, 9.17) is 19.4 Å². The van der Waals surface area contributed by atoms with Crippen molar-refractivity contribution in [1.82, 2.24) is 19.8 Å². The molecule has 2 atom stereocenters. The van der Waals surface area contributed by atoms with Crippen molar-refractivity contribution in [2.75, 3.05) is 69.8 Å². The van der Waals surface area contributed by atoms with Crippen molar-refractivity contribution in [3.8, 4) is 11.8 Å². The van der Waals surface area contributed by atoms with Gasteiger partial charge in [0.15, 0.2) is 0 Å². The molecule has 0 N–H and O–H groups in total. The van der Waals surface area contributed by atoms with Crippen LogP contribution in [0.25, 0.3) is 10.8 Å². The van der Waals surface area contributed by atoms with E-state index in [1.807, 2.05) is 22.9 Å². The molecule has 9 nitrogen and oxygen atoms in total. The Balaban J connectivity index is 1.31. The summed E-state index contributed by atoms with van der Waals surface area (Å²) in [6.07, 6.45) is 1.75. The Morgan fingerprint density at radius 1 is 1.12 bits per heavy atom. The number of ether oxygens (including phenoxy) is 2. The summed E-state index contributed by atoms with van der Waals surface area (Å²) < 4.78 is 25.8. The lowest BCUT2D eigenvalue weighted by Crippen LogP contribution is -2.49. The molecular weight excluding hydrogens is 523 g/mol. The second kappa shape index (κ2) is 11.5. The standard InChI is InChI=1S/C31H37FN6O3/c1-4-29(39)36-11-13-37(14-12-36)30-26-9-10-38(28-17-24(40-3)15-21-7-5-6-8-25(21)28)19-27(26)33-31(34-30)41-20-23-16-22(32)18-35(23)2/h4-8,15,17,22-23H,1,9-14,16,18-20H2,2-3H3/t22-,23+/m1/s1. The van der Waals surface area contributed by atoms with Crippen LogP contribution in [0.3, 0.4) is 0 Å². The molecule has 0 spiro atoms. The van der Waals surface area contributed by atoms with Gasteiger partial charge in [0, 0.05) is 68.0 Å². The van der Waals surface area contributed by atoms with Crippen LogP contribution in [0.2, 0.25) is 0 Å². The van der Waals surface area contributed by atoms with Crippen LogP contribution in [0.5, 0.6) is 11.8 Å². The van der Waals surface area contributed by atoms with Gasteiger partial charge in [-0.15, -0.1) is 0 Å². The van der Waals surface area contributed by atoms with E-state index >= 15 is 0 Å². The van der Waals surface area contributed by atoms with Gasteiger partial charge >= 0.3 is 6.01 Å². The van der Waals surface area contributed by atoms with Gasteiger partial charge in [-0.05, 0) is 37.4 Å². The van der Waals surface area contributed by atoms with Crippen LogP contribution < -0.4 is 19.3 Å². The third-order valence-electron chi connectivity index (χ3n) is 8.52. The fraction of sp³-hybridized carbons (Fsp3) is 0.452. The molecule has 2 aromatic carbocycles. The molecule has 0 aliphatic carbocycles. The zero-order chi connectivity index (χ0) is 28.5. The summed E-state index contributed by atoms with van der Waals surface area (Å²) in [5.41, 5.74) is 3.15. The lowest BCUT2D eigenvalue weighted by Gasteiger charge is -2.38. The molecule has 3 aliphatic rings. The first-order valence-corrected chi connectivity index (χ1v) is 14.3. The van der Waals surface area contributed by atoms with Crippen LogP contribution in [0, 0.1) is 0 Å². The monoisotopic (exact) mass is 560 g/mol. The van der Waals surface area contributed by atoms with E-state index in [1.165, 1.54) is 6.08 Å². The summed E-state index contributed by atoms with van der Waals surface area (Å²) in [5.74, 6) is 1.64. The largest absolute Gasteiger partial charge is 0.497 e. The molecule has 0 saturated carbocycles. The third-order valence-corrected chi connectivity index (χ3v) is 8.52. The van der Waals surface area contributed by atoms with Gasteiger partial charge in [-0.25, -0.2) is 4.39 Å². The van der Waals surface area contributed by atoms with E-state index in [2.05, 4.69) is 46.7 Å². The van der Waals surface area contributed by atoms with Gasteiger partial charge in [-0.2, -0.15) is 9.97 Å². The Labute approximate surface area is 240 Å². The van der Waals surface area contributed by atoms with Crippen LogP contribution in [0.1, 0.15) is 17.7 Å². The summed E-state index contributed by atoms with van der Waals surface area (Å²) in [6.45, 7) is 8.33. The number of fused-ring (bicyclic) bond motifs is 2. The minimum atomic E-state index is -0.838. The molecule has 6 rings (SSSR count). The second-order valence-electron chi connectivity index (χ2n) is 11.0. The number of amides is 1.